The highest BCUT2D eigenvalue weighted by atomic mass is 19.4. The fourth-order valence-electron chi connectivity index (χ4n) is 2.27. The van der Waals surface area contributed by atoms with E-state index in [1.54, 1.807) is 20.8 Å². The van der Waals surface area contributed by atoms with E-state index in [2.05, 4.69) is 5.32 Å². The number of halogens is 3. The van der Waals surface area contributed by atoms with Gasteiger partial charge >= 0.3 is 18.2 Å². The molecule has 0 radical (unpaired) electrons. The number of carbonyl (C=O) groups excluding carboxylic acids is 1. The van der Waals surface area contributed by atoms with Gasteiger partial charge in [-0.25, -0.2) is 9.59 Å². The van der Waals surface area contributed by atoms with Gasteiger partial charge in [0.1, 0.15) is 6.04 Å². The van der Waals surface area contributed by atoms with E-state index in [4.69, 9.17) is 5.11 Å². The van der Waals surface area contributed by atoms with Gasteiger partial charge in [-0.2, -0.15) is 13.2 Å². The summed E-state index contributed by atoms with van der Waals surface area (Å²) in [6.45, 7) is 4.96. The first-order valence-corrected chi connectivity index (χ1v) is 6.78. The van der Waals surface area contributed by atoms with Crippen molar-refractivity contribution in [3.63, 3.8) is 0 Å². The van der Waals surface area contributed by atoms with E-state index in [-0.39, 0.29) is 25.9 Å². The Morgan fingerprint density at radius 3 is 2.00 bits per heavy atom. The molecule has 0 aliphatic carbocycles. The van der Waals surface area contributed by atoms with Gasteiger partial charge in [0.05, 0.1) is 5.92 Å². The molecule has 1 heterocycles. The summed E-state index contributed by atoms with van der Waals surface area (Å²) in [6.07, 6.45) is -4.54. The van der Waals surface area contributed by atoms with Crippen molar-refractivity contribution >= 4 is 12.0 Å². The maximum absolute atomic E-state index is 12.5. The quantitative estimate of drug-likeness (QED) is 0.823. The Labute approximate surface area is 121 Å². The Hall–Kier alpha value is -1.47. The van der Waals surface area contributed by atoms with Crippen LogP contribution < -0.4 is 5.32 Å². The first-order chi connectivity index (χ1) is 9.43. The Morgan fingerprint density at radius 1 is 1.19 bits per heavy atom. The average Bonchev–Trinajstić information content (AvgIpc) is 2.33. The number of urea groups is 1. The molecule has 1 aliphatic heterocycles. The maximum atomic E-state index is 12.5. The van der Waals surface area contributed by atoms with Crippen molar-refractivity contribution in [2.24, 2.45) is 11.3 Å². The minimum absolute atomic E-state index is 0.0213. The molecule has 1 atom stereocenters. The normalized spacial score (nSPS) is 19.2. The lowest BCUT2D eigenvalue weighted by molar-refractivity contribution is -0.183. The van der Waals surface area contributed by atoms with Gasteiger partial charge in [0.25, 0.3) is 0 Å². The molecule has 2 amide bonds. The Morgan fingerprint density at radius 2 is 1.67 bits per heavy atom. The van der Waals surface area contributed by atoms with Gasteiger partial charge in [-0.15, -0.1) is 0 Å². The van der Waals surface area contributed by atoms with Gasteiger partial charge < -0.3 is 15.3 Å². The highest BCUT2D eigenvalue weighted by Gasteiger charge is 2.42. The molecule has 122 valence electrons. The summed E-state index contributed by atoms with van der Waals surface area (Å²) >= 11 is 0. The number of aliphatic carboxylic acids is 1. The van der Waals surface area contributed by atoms with Crippen molar-refractivity contribution in [3.8, 4) is 0 Å². The lowest BCUT2D eigenvalue weighted by Crippen LogP contribution is -2.55. The summed E-state index contributed by atoms with van der Waals surface area (Å²) in [6, 6.07) is -1.72. The topological polar surface area (TPSA) is 69.6 Å². The molecule has 1 fully saturated rings. The Balaban J connectivity index is 2.60. The zero-order chi connectivity index (χ0) is 16.4. The van der Waals surface area contributed by atoms with Crippen LogP contribution in [0.1, 0.15) is 33.6 Å². The number of likely N-dealkylation sites (tertiary alicyclic amines) is 1. The Kier molecular flexibility index (Phi) is 5.11. The van der Waals surface area contributed by atoms with Crippen LogP contribution in [-0.2, 0) is 4.79 Å². The summed E-state index contributed by atoms with van der Waals surface area (Å²) in [5, 5.41) is 11.5. The van der Waals surface area contributed by atoms with E-state index < -0.39 is 35.6 Å². The first kappa shape index (κ1) is 17.6. The molecule has 1 saturated heterocycles. The van der Waals surface area contributed by atoms with Crippen molar-refractivity contribution in [2.45, 2.75) is 45.8 Å². The van der Waals surface area contributed by atoms with Crippen molar-refractivity contribution in [1.29, 1.82) is 0 Å². The number of amides is 2. The van der Waals surface area contributed by atoms with Gasteiger partial charge in [0.15, 0.2) is 0 Å². The molecule has 1 unspecified atom stereocenters. The second kappa shape index (κ2) is 6.11. The summed E-state index contributed by atoms with van der Waals surface area (Å²) in [5.74, 6) is -2.56. The predicted molar refractivity (Wildman–Crippen MR) is 69.8 cm³/mol. The number of hydrogen-bond acceptors (Lipinski definition) is 2. The van der Waals surface area contributed by atoms with E-state index >= 15 is 0 Å². The SMILES string of the molecule is CC(C)(C)C(NC(=O)N1CCC(C(F)(F)F)CC1)C(=O)O. The molecular formula is C13H21F3N2O3. The number of rotatable bonds is 2. The lowest BCUT2D eigenvalue weighted by atomic mass is 9.87. The molecule has 8 heteroatoms. The van der Waals surface area contributed by atoms with Crippen LogP contribution >= 0.6 is 0 Å². The third-order valence-corrected chi connectivity index (χ3v) is 3.63. The molecule has 0 spiro atoms. The van der Waals surface area contributed by atoms with Crippen LogP contribution in [0.2, 0.25) is 0 Å². The van der Waals surface area contributed by atoms with Crippen molar-refractivity contribution in [3.05, 3.63) is 0 Å². The smallest absolute Gasteiger partial charge is 0.391 e. The minimum Gasteiger partial charge on any atom is -0.480 e. The van der Waals surface area contributed by atoms with Crippen LogP contribution in [0.25, 0.3) is 0 Å². The number of carboxylic acids is 1. The van der Waals surface area contributed by atoms with E-state index in [0.29, 0.717) is 0 Å². The number of piperidine rings is 1. The summed E-state index contributed by atoms with van der Waals surface area (Å²) in [4.78, 5) is 24.4. The van der Waals surface area contributed by atoms with E-state index in [0.717, 1.165) is 0 Å². The van der Waals surface area contributed by atoms with Gasteiger partial charge in [0.2, 0.25) is 0 Å². The third-order valence-electron chi connectivity index (χ3n) is 3.63. The average molecular weight is 310 g/mol. The summed E-state index contributed by atoms with van der Waals surface area (Å²) in [7, 11) is 0. The van der Waals surface area contributed by atoms with Crippen LogP contribution in [0.15, 0.2) is 0 Å². The zero-order valence-electron chi connectivity index (χ0n) is 12.3. The highest BCUT2D eigenvalue weighted by Crippen LogP contribution is 2.34. The number of carbonyl (C=O) groups is 2. The Bertz CT molecular complexity index is 396. The van der Waals surface area contributed by atoms with Gasteiger partial charge in [-0.05, 0) is 18.3 Å². The standard InChI is InChI=1S/C13H21F3N2O3/c1-12(2,3)9(10(19)20)17-11(21)18-6-4-8(5-7-18)13(14,15)16/h8-9H,4-7H2,1-3H3,(H,17,21)(H,19,20). The minimum atomic E-state index is -4.24. The lowest BCUT2D eigenvalue weighted by Gasteiger charge is -2.35. The molecular weight excluding hydrogens is 289 g/mol. The van der Waals surface area contributed by atoms with Crippen molar-refractivity contribution in [1.82, 2.24) is 10.2 Å². The largest absolute Gasteiger partial charge is 0.480 e. The molecule has 5 nitrogen and oxygen atoms in total. The molecule has 0 aromatic carbocycles. The van der Waals surface area contributed by atoms with Crippen LogP contribution in [0.5, 0.6) is 0 Å². The van der Waals surface area contributed by atoms with Gasteiger partial charge in [-0.3, -0.25) is 0 Å². The molecule has 21 heavy (non-hydrogen) atoms. The number of nitrogens with zero attached hydrogens (tertiary/aromatic N) is 1. The molecule has 0 aromatic heterocycles. The predicted octanol–water partition coefficient (Wildman–Crippen LogP) is 2.47. The van der Waals surface area contributed by atoms with Crippen LogP contribution in [-0.4, -0.2) is 47.3 Å². The van der Waals surface area contributed by atoms with E-state index in [1.165, 1.54) is 4.90 Å². The highest BCUT2D eigenvalue weighted by molar-refractivity contribution is 5.83. The van der Waals surface area contributed by atoms with Gasteiger partial charge in [-0.1, -0.05) is 20.8 Å². The molecule has 1 aliphatic rings. The first-order valence-electron chi connectivity index (χ1n) is 6.78. The summed E-state index contributed by atoms with van der Waals surface area (Å²) in [5.41, 5.74) is -0.689. The fourth-order valence-corrected chi connectivity index (χ4v) is 2.27. The van der Waals surface area contributed by atoms with Crippen molar-refractivity contribution in [2.75, 3.05) is 13.1 Å². The van der Waals surface area contributed by atoms with E-state index in [1.807, 2.05) is 0 Å². The second-order valence-corrected chi connectivity index (χ2v) is 6.39. The number of carboxylic acid groups (broad SMARTS) is 1. The van der Waals surface area contributed by atoms with Crippen LogP contribution in [0.3, 0.4) is 0 Å². The van der Waals surface area contributed by atoms with E-state index in [9.17, 15) is 22.8 Å². The second-order valence-electron chi connectivity index (χ2n) is 6.39. The molecule has 1 rings (SSSR count). The molecule has 0 bridgehead atoms. The number of hydrogen-bond donors (Lipinski definition) is 2. The van der Waals surface area contributed by atoms with Crippen LogP contribution in [0, 0.1) is 11.3 Å². The molecule has 0 saturated carbocycles. The monoisotopic (exact) mass is 310 g/mol. The van der Waals surface area contributed by atoms with Crippen molar-refractivity contribution < 1.29 is 27.9 Å². The third kappa shape index (κ3) is 4.78. The summed E-state index contributed by atoms with van der Waals surface area (Å²) < 4.78 is 37.6. The zero-order valence-corrected chi connectivity index (χ0v) is 12.3. The van der Waals surface area contributed by atoms with Gasteiger partial charge in [0, 0.05) is 13.1 Å². The molecule has 0 aromatic rings. The number of alkyl halides is 3. The maximum Gasteiger partial charge on any atom is 0.391 e. The fraction of sp³-hybridized carbons (Fsp3) is 0.846. The van der Waals surface area contributed by atoms with Crippen LogP contribution in [0.4, 0.5) is 18.0 Å². The number of nitrogens with one attached hydrogen (secondary N) is 1. The molecule has 2 N–H and O–H groups in total.